The number of benzene rings is 2. The number of hydrogen-bond acceptors (Lipinski definition) is 7. The largest absolute Gasteiger partial charge is 0.493 e. The third kappa shape index (κ3) is 3.47. The Kier molecular flexibility index (Phi) is 6.51. The predicted molar refractivity (Wildman–Crippen MR) is 114 cm³/mol. The SMILES string of the molecule is COc1cc2c(c(OC)c1OC)-c1c(cc(OC)c(OC)c1OC)C[C@@H](O)[C@H](C)C2. The number of rotatable bonds is 6. The Bertz CT molecular complexity index is 847. The fourth-order valence-electron chi connectivity index (χ4n) is 4.19. The molecule has 0 heterocycles. The van der Waals surface area contributed by atoms with E-state index in [1.807, 2.05) is 19.1 Å². The minimum Gasteiger partial charge on any atom is -0.493 e. The maximum absolute atomic E-state index is 10.9. The van der Waals surface area contributed by atoms with Gasteiger partial charge in [0.15, 0.2) is 23.0 Å². The first-order valence-electron chi connectivity index (χ1n) is 9.77. The highest BCUT2D eigenvalue weighted by atomic mass is 16.5. The summed E-state index contributed by atoms with van der Waals surface area (Å²) >= 11 is 0. The van der Waals surface area contributed by atoms with Crippen molar-refractivity contribution in [1.82, 2.24) is 0 Å². The summed E-state index contributed by atoms with van der Waals surface area (Å²) in [6.07, 6.45) is 0.521. The maximum atomic E-state index is 10.9. The van der Waals surface area contributed by atoms with Crippen LogP contribution in [0.3, 0.4) is 0 Å². The van der Waals surface area contributed by atoms with E-state index < -0.39 is 6.10 Å². The first-order chi connectivity index (χ1) is 14.4. The zero-order valence-corrected chi connectivity index (χ0v) is 18.6. The van der Waals surface area contributed by atoms with Crippen molar-refractivity contribution in [3.63, 3.8) is 0 Å². The van der Waals surface area contributed by atoms with Crippen LogP contribution in [0.4, 0.5) is 0 Å². The number of ether oxygens (including phenoxy) is 6. The average Bonchev–Trinajstić information content (AvgIpc) is 2.76. The lowest BCUT2D eigenvalue weighted by atomic mass is 9.81. The molecular formula is C23H30O7. The van der Waals surface area contributed by atoms with Crippen molar-refractivity contribution in [2.24, 2.45) is 5.92 Å². The molecule has 0 saturated heterocycles. The lowest BCUT2D eigenvalue weighted by molar-refractivity contribution is 0.116. The van der Waals surface area contributed by atoms with Gasteiger partial charge in [0.05, 0.1) is 48.8 Å². The second-order valence-corrected chi connectivity index (χ2v) is 7.31. The average molecular weight is 418 g/mol. The van der Waals surface area contributed by atoms with E-state index in [4.69, 9.17) is 28.4 Å². The van der Waals surface area contributed by atoms with Gasteiger partial charge in [-0.2, -0.15) is 0 Å². The van der Waals surface area contributed by atoms with Gasteiger partial charge in [-0.25, -0.2) is 0 Å². The van der Waals surface area contributed by atoms with Crippen molar-refractivity contribution in [3.05, 3.63) is 23.3 Å². The summed E-state index contributed by atoms with van der Waals surface area (Å²) in [5.74, 6) is 3.15. The quantitative estimate of drug-likeness (QED) is 0.769. The molecule has 0 radical (unpaired) electrons. The molecule has 0 amide bonds. The monoisotopic (exact) mass is 418 g/mol. The molecule has 0 unspecified atom stereocenters. The summed E-state index contributed by atoms with van der Waals surface area (Å²) in [6, 6.07) is 3.82. The van der Waals surface area contributed by atoms with E-state index in [1.165, 1.54) is 0 Å². The van der Waals surface area contributed by atoms with Gasteiger partial charge in [-0.3, -0.25) is 0 Å². The van der Waals surface area contributed by atoms with Crippen LogP contribution in [0.2, 0.25) is 0 Å². The summed E-state index contributed by atoms with van der Waals surface area (Å²) in [6.45, 7) is 2.03. The predicted octanol–water partition coefficient (Wildman–Crippen LogP) is 3.50. The van der Waals surface area contributed by atoms with Crippen molar-refractivity contribution in [3.8, 4) is 45.6 Å². The zero-order chi connectivity index (χ0) is 22.0. The van der Waals surface area contributed by atoms with Crippen molar-refractivity contribution in [1.29, 1.82) is 0 Å². The third-order valence-electron chi connectivity index (χ3n) is 5.70. The van der Waals surface area contributed by atoms with Crippen molar-refractivity contribution in [2.75, 3.05) is 42.7 Å². The smallest absolute Gasteiger partial charge is 0.203 e. The van der Waals surface area contributed by atoms with Gasteiger partial charge in [-0.15, -0.1) is 0 Å². The van der Waals surface area contributed by atoms with E-state index in [1.54, 1.807) is 42.7 Å². The molecule has 0 aliphatic heterocycles. The first kappa shape index (κ1) is 21.9. The molecule has 2 aromatic carbocycles. The first-order valence-corrected chi connectivity index (χ1v) is 9.77. The molecule has 1 aliphatic carbocycles. The normalized spacial score (nSPS) is 17.7. The van der Waals surface area contributed by atoms with Crippen molar-refractivity contribution >= 4 is 0 Å². The highest BCUT2D eigenvalue weighted by Gasteiger charge is 2.33. The number of hydrogen-bond donors (Lipinski definition) is 1. The molecule has 0 spiro atoms. The van der Waals surface area contributed by atoms with E-state index in [0.717, 1.165) is 22.3 Å². The molecule has 2 atom stereocenters. The Labute approximate surface area is 177 Å². The van der Waals surface area contributed by atoms with Crippen LogP contribution >= 0.6 is 0 Å². The highest BCUT2D eigenvalue weighted by Crippen LogP contribution is 2.55. The van der Waals surface area contributed by atoms with Crippen LogP contribution < -0.4 is 28.4 Å². The van der Waals surface area contributed by atoms with Gasteiger partial charge in [-0.05, 0) is 42.0 Å². The second-order valence-electron chi connectivity index (χ2n) is 7.31. The Morgan fingerprint density at radius 1 is 0.633 bits per heavy atom. The van der Waals surface area contributed by atoms with Crippen LogP contribution in [0.25, 0.3) is 11.1 Å². The number of aliphatic hydroxyl groups is 1. The zero-order valence-electron chi connectivity index (χ0n) is 18.6. The molecule has 7 nitrogen and oxygen atoms in total. The van der Waals surface area contributed by atoms with Gasteiger partial charge in [0.2, 0.25) is 11.5 Å². The minimum absolute atomic E-state index is 0.0128. The van der Waals surface area contributed by atoms with E-state index in [9.17, 15) is 5.11 Å². The molecule has 2 aromatic rings. The van der Waals surface area contributed by atoms with Crippen molar-refractivity contribution in [2.45, 2.75) is 25.9 Å². The lowest BCUT2D eigenvalue weighted by Crippen LogP contribution is -2.25. The Morgan fingerprint density at radius 3 is 1.40 bits per heavy atom. The maximum Gasteiger partial charge on any atom is 0.203 e. The van der Waals surface area contributed by atoms with E-state index in [0.29, 0.717) is 47.3 Å². The molecule has 0 aromatic heterocycles. The van der Waals surface area contributed by atoms with Crippen LogP contribution in [0.5, 0.6) is 34.5 Å². The van der Waals surface area contributed by atoms with Gasteiger partial charge in [-0.1, -0.05) is 6.92 Å². The van der Waals surface area contributed by atoms with Crippen LogP contribution in [-0.2, 0) is 12.8 Å². The van der Waals surface area contributed by atoms with Gasteiger partial charge >= 0.3 is 0 Å². The molecule has 7 heteroatoms. The van der Waals surface area contributed by atoms with Gasteiger partial charge < -0.3 is 33.5 Å². The molecular weight excluding hydrogens is 388 g/mol. The molecule has 3 rings (SSSR count). The third-order valence-corrected chi connectivity index (χ3v) is 5.70. The van der Waals surface area contributed by atoms with Crippen molar-refractivity contribution < 1.29 is 33.5 Å². The summed E-state index contributed by atoms with van der Waals surface area (Å²) in [4.78, 5) is 0. The Morgan fingerprint density at radius 2 is 1.03 bits per heavy atom. The molecule has 164 valence electrons. The van der Waals surface area contributed by atoms with E-state index in [-0.39, 0.29) is 5.92 Å². The number of fused-ring (bicyclic) bond motifs is 3. The van der Waals surface area contributed by atoms with Crippen LogP contribution in [-0.4, -0.2) is 53.9 Å². The minimum atomic E-state index is -0.543. The fraction of sp³-hybridized carbons (Fsp3) is 0.478. The molecule has 1 N–H and O–H groups in total. The Hall–Kier alpha value is -2.80. The molecule has 30 heavy (non-hydrogen) atoms. The number of methoxy groups -OCH3 is 6. The summed E-state index contributed by atoms with van der Waals surface area (Å²) in [5, 5.41) is 10.9. The highest BCUT2D eigenvalue weighted by molar-refractivity contribution is 5.88. The number of aliphatic hydroxyl groups excluding tert-OH is 1. The standard InChI is InChI=1S/C23H30O7/c1-12-8-13-10-16(25-2)20(27-4)22(29-6)18(13)19-14(9-15(12)24)11-17(26-3)21(28-5)23(19)30-7/h10-12,15,24H,8-9H2,1-7H3/t12-,15-/m1/s1. The van der Waals surface area contributed by atoms with Crippen LogP contribution in [0, 0.1) is 5.92 Å². The Balaban J connectivity index is 2.51. The molecule has 0 saturated carbocycles. The van der Waals surface area contributed by atoms with E-state index in [2.05, 4.69) is 0 Å². The summed E-state index contributed by atoms with van der Waals surface area (Å²) in [7, 11) is 9.50. The van der Waals surface area contributed by atoms with Crippen LogP contribution in [0.1, 0.15) is 18.1 Å². The summed E-state index contributed by atoms with van der Waals surface area (Å²) in [5.41, 5.74) is 3.45. The molecule has 1 aliphatic rings. The summed E-state index contributed by atoms with van der Waals surface area (Å²) < 4.78 is 34.0. The van der Waals surface area contributed by atoms with Gasteiger partial charge in [0.1, 0.15) is 0 Å². The molecule has 0 bridgehead atoms. The fourth-order valence-corrected chi connectivity index (χ4v) is 4.19. The second kappa shape index (κ2) is 8.92. The van der Waals surface area contributed by atoms with Gasteiger partial charge in [0.25, 0.3) is 0 Å². The topological polar surface area (TPSA) is 75.6 Å². The lowest BCUT2D eigenvalue weighted by Gasteiger charge is -2.30. The van der Waals surface area contributed by atoms with Crippen LogP contribution in [0.15, 0.2) is 12.1 Å². The molecule has 0 fully saturated rings. The van der Waals surface area contributed by atoms with Gasteiger partial charge in [0, 0.05) is 11.1 Å². The van der Waals surface area contributed by atoms with E-state index >= 15 is 0 Å².